The van der Waals surface area contributed by atoms with Gasteiger partial charge in [-0.3, -0.25) is 10.1 Å². The standard InChI is InChI=1S/C23H32ClN3O2/c1-5-27(18-8-6-7-9-18)21-12-17(24)11-19(16(21)4)22(28)25-13-20-14(2)10-15(3)26-23(20)29/h10-12,18,22,25,28H,5-9,13H2,1-4H3,(H,26,29). The van der Waals surface area contributed by atoms with Crippen molar-refractivity contribution in [2.45, 2.75) is 72.2 Å². The third kappa shape index (κ3) is 4.85. The van der Waals surface area contributed by atoms with Gasteiger partial charge in [-0.15, -0.1) is 0 Å². The summed E-state index contributed by atoms with van der Waals surface area (Å²) in [5.74, 6) is 0. The van der Waals surface area contributed by atoms with Gasteiger partial charge in [-0.05, 0) is 69.9 Å². The SMILES string of the molecule is CCN(c1cc(Cl)cc(C(O)NCc2c(C)cc(C)[nH]c2=O)c1C)C1CCCC1. The average molecular weight is 418 g/mol. The lowest BCUT2D eigenvalue weighted by molar-refractivity contribution is 0.136. The summed E-state index contributed by atoms with van der Waals surface area (Å²) in [6.07, 6.45) is 4.02. The number of nitrogens with zero attached hydrogens (tertiary/aromatic N) is 1. The first-order chi connectivity index (χ1) is 13.8. The molecule has 0 saturated heterocycles. The highest BCUT2D eigenvalue weighted by Crippen LogP contribution is 2.35. The molecule has 1 aliphatic rings. The van der Waals surface area contributed by atoms with Gasteiger partial charge in [-0.1, -0.05) is 24.4 Å². The molecule has 1 aliphatic carbocycles. The van der Waals surface area contributed by atoms with Crippen molar-refractivity contribution in [2.75, 3.05) is 11.4 Å². The zero-order valence-corrected chi connectivity index (χ0v) is 18.6. The van der Waals surface area contributed by atoms with Crippen molar-refractivity contribution in [3.8, 4) is 0 Å². The molecular weight excluding hydrogens is 386 g/mol. The van der Waals surface area contributed by atoms with Gasteiger partial charge in [-0.25, -0.2) is 0 Å². The molecular formula is C23H32ClN3O2. The van der Waals surface area contributed by atoms with Crippen LogP contribution in [0.3, 0.4) is 0 Å². The van der Waals surface area contributed by atoms with Gasteiger partial charge in [0.15, 0.2) is 0 Å². The summed E-state index contributed by atoms with van der Waals surface area (Å²) in [4.78, 5) is 17.5. The van der Waals surface area contributed by atoms with Crippen LogP contribution in [-0.4, -0.2) is 22.7 Å². The number of aromatic amines is 1. The minimum absolute atomic E-state index is 0.121. The second kappa shape index (κ2) is 9.33. The van der Waals surface area contributed by atoms with E-state index in [0.717, 1.165) is 34.6 Å². The van der Waals surface area contributed by atoms with Gasteiger partial charge < -0.3 is 15.0 Å². The summed E-state index contributed by atoms with van der Waals surface area (Å²) in [5, 5.41) is 14.6. The van der Waals surface area contributed by atoms with Crippen LogP contribution in [0.15, 0.2) is 23.0 Å². The summed E-state index contributed by atoms with van der Waals surface area (Å²) >= 11 is 6.44. The molecule has 0 bridgehead atoms. The number of aliphatic hydroxyl groups is 1. The number of benzene rings is 1. The highest BCUT2D eigenvalue weighted by molar-refractivity contribution is 6.31. The maximum Gasteiger partial charge on any atom is 0.252 e. The smallest absolute Gasteiger partial charge is 0.252 e. The van der Waals surface area contributed by atoms with Crippen LogP contribution in [0.4, 0.5) is 5.69 Å². The minimum atomic E-state index is -0.908. The van der Waals surface area contributed by atoms with Crippen molar-refractivity contribution in [2.24, 2.45) is 0 Å². The fourth-order valence-electron chi connectivity index (χ4n) is 4.52. The first-order valence-corrected chi connectivity index (χ1v) is 10.9. The summed E-state index contributed by atoms with van der Waals surface area (Å²) < 4.78 is 0. The van der Waals surface area contributed by atoms with Crippen LogP contribution in [-0.2, 0) is 6.54 Å². The Labute approximate surface area is 178 Å². The number of rotatable bonds is 7. The molecule has 3 N–H and O–H groups in total. The fourth-order valence-corrected chi connectivity index (χ4v) is 4.74. The monoisotopic (exact) mass is 417 g/mol. The molecule has 29 heavy (non-hydrogen) atoms. The van der Waals surface area contributed by atoms with Gasteiger partial charge in [0, 0.05) is 46.7 Å². The van der Waals surface area contributed by atoms with Crippen LogP contribution >= 0.6 is 11.6 Å². The number of aliphatic hydroxyl groups excluding tert-OH is 1. The van der Waals surface area contributed by atoms with Gasteiger partial charge in [-0.2, -0.15) is 0 Å². The van der Waals surface area contributed by atoms with Crippen molar-refractivity contribution in [3.05, 3.63) is 61.5 Å². The van der Waals surface area contributed by atoms with Gasteiger partial charge in [0.2, 0.25) is 0 Å². The van der Waals surface area contributed by atoms with E-state index in [1.807, 2.05) is 39.0 Å². The fraction of sp³-hybridized carbons (Fsp3) is 0.522. The predicted molar refractivity (Wildman–Crippen MR) is 120 cm³/mol. The highest BCUT2D eigenvalue weighted by Gasteiger charge is 2.25. The summed E-state index contributed by atoms with van der Waals surface area (Å²) in [6.45, 7) is 9.17. The summed E-state index contributed by atoms with van der Waals surface area (Å²) in [6, 6.07) is 6.29. The Hall–Kier alpha value is -1.82. The Morgan fingerprint density at radius 2 is 1.93 bits per heavy atom. The molecule has 6 heteroatoms. The molecule has 5 nitrogen and oxygen atoms in total. The molecule has 1 unspecified atom stereocenters. The van der Waals surface area contributed by atoms with E-state index in [-0.39, 0.29) is 12.1 Å². The first-order valence-electron chi connectivity index (χ1n) is 10.5. The lowest BCUT2D eigenvalue weighted by Gasteiger charge is -2.33. The number of nitrogens with one attached hydrogen (secondary N) is 2. The third-order valence-corrected chi connectivity index (χ3v) is 6.28. The maximum absolute atomic E-state index is 12.3. The van der Waals surface area contributed by atoms with E-state index >= 15 is 0 Å². The lowest BCUT2D eigenvalue weighted by atomic mass is 10.0. The minimum Gasteiger partial charge on any atom is -0.374 e. The summed E-state index contributed by atoms with van der Waals surface area (Å²) in [7, 11) is 0. The third-order valence-electron chi connectivity index (χ3n) is 6.06. The van der Waals surface area contributed by atoms with E-state index < -0.39 is 6.23 Å². The van der Waals surface area contributed by atoms with Crippen molar-refractivity contribution >= 4 is 17.3 Å². The molecule has 0 radical (unpaired) electrons. The Bertz CT molecular complexity index is 919. The van der Waals surface area contributed by atoms with Crippen molar-refractivity contribution < 1.29 is 5.11 Å². The molecule has 2 aromatic rings. The van der Waals surface area contributed by atoms with Crippen LogP contribution in [0.2, 0.25) is 5.02 Å². The number of H-pyrrole nitrogens is 1. The number of halogens is 1. The van der Waals surface area contributed by atoms with Gasteiger partial charge in [0.1, 0.15) is 6.23 Å². The van der Waals surface area contributed by atoms with Crippen LogP contribution in [0.1, 0.15) is 66.8 Å². The molecule has 1 heterocycles. The second-order valence-electron chi connectivity index (χ2n) is 8.09. The van der Waals surface area contributed by atoms with Crippen LogP contribution in [0, 0.1) is 20.8 Å². The molecule has 1 aromatic heterocycles. The summed E-state index contributed by atoms with van der Waals surface area (Å²) in [5.41, 5.74) is 5.13. The molecule has 1 atom stereocenters. The van der Waals surface area contributed by atoms with E-state index in [9.17, 15) is 9.90 Å². The Morgan fingerprint density at radius 1 is 1.24 bits per heavy atom. The molecule has 0 aliphatic heterocycles. The van der Waals surface area contributed by atoms with E-state index in [2.05, 4.69) is 22.1 Å². The molecule has 0 amide bonds. The highest BCUT2D eigenvalue weighted by atomic mass is 35.5. The molecule has 1 saturated carbocycles. The Balaban J connectivity index is 1.84. The molecule has 3 rings (SSSR count). The lowest BCUT2D eigenvalue weighted by Crippen LogP contribution is -2.34. The maximum atomic E-state index is 12.3. The average Bonchev–Trinajstić information content (AvgIpc) is 3.18. The largest absolute Gasteiger partial charge is 0.374 e. The van der Waals surface area contributed by atoms with Crippen LogP contribution < -0.4 is 15.8 Å². The molecule has 1 fully saturated rings. The molecule has 1 aromatic carbocycles. The van der Waals surface area contributed by atoms with Crippen LogP contribution in [0.5, 0.6) is 0 Å². The molecule has 158 valence electrons. The number of pyridine rings is 1. The normalized spacial score (nSPS) is 15.7. The van der Waals surface area contributed by atoms with E-state index in [1.54, 1.807) is 0 Å². The van der Waals surface area contributed by atoms with Crippen molar-refractivity contribution in [1.82, 2.24) is 10.3 Å². The van der Waals surface area contributed by atoms with E-state index in [0.29, 0.717) is 16.6 Å². The Morgan fingerprint density at radius 3 is 2.55 bits per heavy atom. The van der Waals surface area contributed by atoms with E-state index in [1.165, 1.54) is 25.7 Å². The van der Waals surface area contributed by atoms with Crippen LogP contribution in [0.25, 0.3) is 0 Å². The van der Waals surface area contributed by atoms with Gasteiger partial charge >= 0.3 is 0 Å². The number of hydrogen-bond donors (Lipinski definition) is 3. The molecule has 0 spiro atoms. The zero-order valence-electron chi connectivity index (χ0n) is 17.8. The quantitative estimate of drug-likeness (QED) is 0.580. The van der Waals surface area contributed by atoms with E-state index in [4.69, 9.17) is 11.6 Å². The van der Waals surface area contributed by atoms with Crippen molar-refractivity contribution in [3.63, 3.8) is 0 Å². The zero-order chi connectivity index (χ0) is 21.1. The van der Waals surface area contributed by atoms with Gasteiger partial charge in [0.05, 0.1) is 0 Å². The Kier molecular flexibility index (Phi) is 7.04. The van der Waals surface area contributed by atoms with Gasteiger partial charge in [0.25, 0.3) is 5.56 Å². The first kappa shape index (κ1) is 21.9. The second-order valence-corrected chi connectivity index (χ2v) is 8.53. The number of hydrogen-bond acceptors (Lipinski definition) is 4. The number of aromatic nitrogens is 1. The van der Waals surface area contributed by atoms with Crippen molar-refractivity contribution in [1.29, 1.82) is 0 Å². The predicted octanol–water partition coefficient (Wildman–Crippen LogP) is 4.50. The number of anilines is 1. The topological polar surface area (TPSA) is 68.4 Å². The number of aryl methyl sites for hydroxylation is 2.